The monoisotopic (exact) mass is 474 g/mol. The molecule has 0 unspecified atom stereocenters. The van der Waals surface area contributed by atoms with E-state index in [-0.39, 0.29) is 12.3 Å². The van der Waals surface area contributed by atoms with Crippen molar-refractivity contribution in [2.24, 2.45) is 0 Å². The number of nitrogens with one attached hydrogen (secondary N) is 2. The number of thiazole rings is 1. The predicted molar refractivity (Wildman–Crippen MR) is 129 cm³/mol. The zero-order chi connectivity index (χ0) is 22.6. The number of nitrogens with zero attached hydrogens (tertiary/aromatic N) is 2. The second kappa shape index (κ2) is 9.43. The maximum atomic E-state index is 12.4. The molecule has 0 atom stereocenters. The topological polar surface area (TPSA) is 97.1 Å². The van der Waals surface area contributed by atoms with Crippen LogP contribution in [0, 0.1) is 0 Å². The molecule has 0 saturated carbocycles. The Balaban J connectivity index is 1.13. The molecule has 0 aliphatic heterocycles. The number of hydrazine groups is 1. The summed E-state index contributed by atoms with van der Waals surface area (Å²) in [5.41, 5.74) is 8.55. The van der Waals surface area contributed by atoms with Gasteiger partial charge < -0.3 is 4.52 Å². The van der Waals surface area contributed by atoms with Crippen molar-refractivity contribution >= 4 is 56.1 Å². The lowest BCUT2D eigenvalue weighted by atomic mass is 10.1. The molecule has 5 aromatic rings. The maximum Gasteiger partial charge on any atom is 0.269 e. The summed E-state index contributed by atoms with van der Waals surface area (Å²) in [5, 5.41) is 4.70. The van der Waals surface area contributed by atoms with E-state index < -0.39 is 5.91 Å². The highest BCUT2D eigenvalue weighted by atomic mass is 32.2. The summed E-state index contributed by atoms with van der Waals surface area (Å²) in [7, 11) is 0. The van der Waals surface area contributed by atoms with Gasteiger partial charge in [-0.25, -0.2) is 4.98 Å². The van der Waals surface area contributed by atoms with E-state index in [9.17, 15) is 9.59 Å². The van der Waals surface area contributed by atoms with Gasteiger partial charge in [-0.2, -0.15) is 0 Å². The van der Waals surface area contributed by atoms with Crippen molar-refractivity contribution in [3.8, 4) is 0 Å². The van der Waals surface area contributed by atoms with Gasteiger partial charge in [0.1, 0.15) is 5.69 Å². The lowest BCUT2D eigenvalue weighted by Crippen LogP contribution is -2.42. The first-order chi connectivity index (χ1) is 16.2. The van der Waals surface area contributed by atoms with Crippen molar-refractivity contribution in [2.75, 3.05) is 0 Å². The van der Waals surface area contributed by atoms with E-state index in [1.165, 1.54) is 4.70 Å². The Labute approximate surface area is 197 Å². The first-order valence-corrected chi connectivity index (χ1v) is 12.0. The van der Waals surface area contributed by atoms with Crippen LogP contribution >= 0.6 is 23.1 Å². The van der Waals surface area contributed by atoms with Gasteiger partial charge >= 0.3 is 0 Å². The minimum Gasteiger partial charge on any atom is -0.356 e. The molecular weight excluding hydrogens is 456 g/mol. The lowest BCUT2D eigenvalue weighted by Gasteiger charge is -2.07. The number of amides is 2. The predicted octanol–water partition coefficient (Wildman–Crippen LogP) is 4.73. The van der Waals surface area contributed by atoms with Crippen molar-refractivity contribution in [2.45, 2.75) is 16.5 Å². The number of hydrogen-bond donors (Lipinski definition) is 2. The number of carbonyl (C=O) groups excluding carboxylic acids is 2. The number of para-hydroxylation sites is 2. The minimum absolute atomic E-state index is 0.000773. The average molecular weight is 475 g/mol. The number of rotatable bonds is 6. The van der Waals surface area contributed by atoms with Crippen molar-refractivity contribution < 1.29 is 14.1 Å². The number of benzene rings is 3. The molecule has 0 radical (unpaired) electrons. The summed E-state index contributed by atoms with van der Waals surface area (Å²) in [4.78, 5) is 29.2. The molecule has 0 aliphatic rings. The number of thioether (sulfide) groups is 1. The van der Waals surface area contributed by atoms with Gasteiger partial charge in [0.2, 0.25) is 5.91 Å². The molecule has 5 rings (SSSR count). The van der Waals surface area contributed by atoms with E-state index in [1.807, 2.05) is 48.5 Å². The van der Waals surface area contributed by atoms with Crippen molar-refractivity contribution in [3.63, 3.8) is 0 Å². The molecule has 3 aromatic carbocycles. The van der Waals surface area contributed by atoms with Crippen molar-refractivity contribution in [1.82, 2.24) is 21.0 Å². The third kappa shape index (κ3) is 4.89. The maximum absolute atomic E-state index is 12.4. The molecular formula is C24H18N4O3S2. The number of carbonyl (C=O) groups is 2. The van der Waals surface area contributed by atoms with Crippen LogP contribution < -0.4 is 10.9 Å². The molecule has 0 spiro atoms. The average Bonchev–Trinajstić information content (AvgIpc) is 3.45. The fraction of sp³-hybridized carbons (Fsp3) is 0.0833. The van der Waals surface area contributed by atoms with Crippen LogP contribution in [0.2, 0.25) is 0 Å². The Hall–Kier alpha value is -3.69. The molecule has 0 bridgehead atoms. The molecule has 0 aliphatic carbocycles. The summed E-state index contributed by atoms with van der Waals surface area (Å²) in [6, 6.07) is 22.7. The highest BCUT2D eigenvalue weighted by Crippen LogP contribution is 2.31. The van der Waals surface area contributed by atoms with Crippen molar-refractivity contribution in [3.05, 3.63) is 89.6 Å². The molecule has 2 aromatic heterocycles. The molecule has 9 heteroatoms. The number of hydrogen-bond acceptors (Lipinski definition) is 7. The normalized spacial score (nSPS) is 11.0. The van der Waals surface area contributed by atoms with Gasteiger partial charge in [-0.15, -0.1) is 11.3 Å². The van der Waals surface area contributed by atoms with Gasteiger partial charge in [-0.05, 0) is 42.0 Å². The quantitative estimate of drug-likeness (QED) is 0.273. The highest BCUT2D eigenvalue weighted by molar-refractivity contribution is 8.00. The largest absolute Gasteiger partial charge is 0.356 e. The summed E-state index contributed by atoms with van der Waals surface area (Å²) < 4.78 is 7.38. The fourth-order valence-electron chi connectivity index (χ4n) is 3.27. The second-order valence-corrected chi connectivity index (χ2v) is 9.49. The first kappa shape index (κ1) is 21.2. The molecule has 164 valence electrons. The van der Waals surface area contributed by atoms with Crippen LogP contribution in [0.15, 0.2) is 81.7 Å². The van der Waals surface area contributed by atoms with E-state index in [4.69, 9.17) is 4.52 Å². The van der Waals surface area contributed by atoms with Crippen LogP contribution in [0.1, 0.15) is 21.6 Å². The smallest absolute Gasteiger partial charge is 0.269 e. The van der Waals surface area contributed by atoms with Crippen LogP contribution in [0.5, 0.6) is 0 Å². The van der Waals surface area contributed by atoms with Crippen LogP contribution in [0.3, 0.4) is 0 Å². The van der Waals surface area contributed by atoms with Crippen molar-refractivity contribution in [1.29, 1.82) is 0 Å². The molecule has 0 saturated heterocycles. The molecule has 7 nitrogen and oxygen atoms in total. The Bertz CT molecular complexity index is 1410. The van der Waals surface area contributed by atoms with Gasteiger partial charge in [0.05, 0.1) is 16.6 Å². The van der Waals surface area contributed by atoms with E-state index in [1.54, 1.807) is 41.3 Å². The Morgan fingerprint density at radius 2 is 1.73 bits per heavy atom. The SMILES string of the molecule is O=C(Cc1noc2ccccc12)NNC(=O)c1ccc(CSc2nc3ccccc3s2)cc1. The molecule has 33 heavy (non-hydrogen) atoms. The minimum atomic E-state index is -0.390. The molecule has 0 fully saturated rings. The third-order valence-corrected chi connectivity index (χ3v) is 7.20. The van der Waals surface area contributed by atoms with E-state index in [0.717, 1.165) is 26.6 Å². The Morgan fingerprint density at radius 1 is 0.939 bits per heavy atom. The van der Waals surface area contributed by atoms with E-state index in [2.05, 4.69) is 27.1 Å². The summed E-state index contributed by atoms with van der Waals surface area (Å²) in [6.45, 7) is 0. The third-order valence-electron chi connectivity index (χ3n) is 4.95. The zero-order valence-electron chi connectivity index (χ0n) is 17.3. The zero-order valence-corrected chi connectivity index (χ0v) is 18.9. The second-order valence-electron chi connectivity index (χ2n) is 7.24. The Kier molecular flexibility index (Phi) is 6.05. The van der Waals surface area contributed by atoms with Gasteiger partial charge in [0.25, 0.3) is 5.91 Å². The summed E-state index contributed by atoms with van der Waals surface area (Å²) in [6.07, 6.45) is -0.000773. The van der Waals surface area contributed by atoms with Crippen LogP contribution in [-0.4, -0.2) is 22.0 Å². The standard InChI is InChI=1S/C24H18N4O3S2/c29-22(13-19-17-5-1-3-7-20(17)31-28-19)26-27-23(30)16-11-9-15(10-12-16)14-32-24-25-18-6-2-4-8-21(18)33-24/h1-12H,13-14H2,(H,26,29)(H,27,30). The van der Waals surface area contributed by atoms with E-state index >= 15 is 0 Å². The lowest BCUT2D eigenvalue weighted by molar-refractivity contribution is -0.121. The number of fused-ring (bicyclic) bond motifs is 2. The Morgan fingerprint density at radius 3 is 2.58 bits per heavy atom. The van der Waals surface area contributed by atoms with E-state index in [0.29, 0.717) is 16.8 Å². The molecule has 2 heterocycles. The molecule has 2 amide bonds. The summed E-state index contributed by atoms with van der Waals surface area (Å²) in [5.74, 6) is -0.0191. The van der Waals surface area contributed by atoms with Gasteiger partial charge in [-0.1, -0.05) is 53.3 Å². The first-order valence-electron chi connectivity index (χ1n) is 10.2. The fourth-order valence-corrected chi connectivity index (χ4v) is 5.30. The van der Waals surface area contributed by atoms with Crippen LogP contribution in [0.25, 0.3) is 21.2 Å². The van der Waals surface area contributed by atoms with Crippen LogP contribution in [-0.2, 0) is 17.0 Å². The number of aromatic nitrogens is 2. The van der Waals surface area contributed by atoms with Crippen LogP contribution in [0.4, 0.5) is 0 Å². The van der Waals surface area contributed by atoms with Gasteiger partial charge in [-0.3, -0.25) is 20.4 Å². The molecule has 2 N–H and O–H groups in total. The van der Waals surface area contributed by atoms with Gasteiger partial charge in [0, 0.05) is 16.7 Å². The summed E-state index contributed by atoms with van der Waals surface area (Å²) >= 11 is 3.34. The van der Waals surface area contributed by atoms with Gasteiger partial charge in [0.15, 0.2) is 9.92 Å². The highest BCUT2D eigenvalue weighted by Gasteiger charge is 2.13.